The van der Waals surface area contributed by atoms with Gasteiger partial charge in [-0.05, 0) is 40.5 Å². The number of carbonyl (C=O) groups excluding carboxylic acids is 1. The summed E-state index contributed by atoms with van der Waals surface area (Å²) in [5, 5.41) is 8.83. The van der Waals surface area contributed by atoms with E-state index in [0.29, 0.717) is 0 Å². The van der Waals surface area contributed by atoms with Crippen LogP contribution in [0, 0.1) is 18.3 Å². The lowest BCUT2D eigenvalue weighted by atomic mass is 10.2. The minimum Gasteiger partial charge on any atom is -0.352 e. The molecule has 1 atom stereocenters. The monoisotopic (exact) mass is 294 g/mol. The Balaban J connectivity index is 2.31. The van der Waals surface area contributed by atoms with E-state index in [2.05, 4.69) is 15.9 Å². The maximum Gasteiger partial charge on any atom is 0.253 e. The van der Waals surface area contributed by atoms with Crippen LogP contribution in [0.4, 0.5) is 5.69 Å². The van der Waals surface area contributed by atoms with Crippen LogP contribution in [0.15, 0.2) is 22.7 Å². The second kappa shape index (κ2) is 4.86. The molecule has 2 rings (SSSR count). The Bertz CT molecular complexity index is 496. The van der Waals surface area contributed by atoms with Crippen molar-refractivity contribution in [1.29, 1.82) is 5.26 Å². The third-order valence-electron chi connectivity index (χ3n) is 2.60. The first-order valence-corrected chi connectivity index (χ1v) is 5.99. The highest BCUT2D eigenvalue weighted by Gasteiger charge is 2.28. The van der Waals surface area contributed by atoms with Crippen LogP contribution in [-0.4, -0.2) is 25.2 Å². The summed E-state index contributed by atoms with van der Waals surface area (Å²) in [6.07, 6.45) is -0.555. The lowest BCUT2D eigenvalue weighted by Crippen LogP contribution is -2.46. The molecule has 0 bridgehead atoms. The number of benzene rings is 1. The van der Waals surface area contributed by atoms with Crippen LogP contribution < -0.4 is 4.90 Å². The predicted octanol–water partition coefficient (Wildman–Crippen LogP) is 2.01. The van der Waals surface area contributed by atoms with E-state index in [1.54, 1.807) is 4.90 Å². The predicted molar refractivity (Wildman–Crippen MR) is 66.6 cm³/mol. The maximum absolute atomic E-state index is 11.8. The molecule has 0 N–H and O–H groups in total. The van der Waals surface area contributed by atoms with E-state index in [-0.39, 0.29) is 19.1 Å². The first-order valence-electron chi connectivity index (χ1n) is 5.19. The number of hydrogen-bond acceptors (Lipinski definition) is 3. The van der Waals surface area contributed by atoms with Crippen LogP contribution in [0.3, 0.4) is 0 Å². The third kappa shape index (κ3) is 2.48. The van der Waals surface area contributed by atoms with Gasteiger partial charge in [-0.15, -0.1) is 0 Å². The average Bonchev–Trinajstić information content (AvgIpc) is 2.30. The Morgan fingerprint density at radius 3 is 3.00 bits per heavy atom. The highest BCUT2D eigenvalue weighted by molar-refractivity contribution is 9.10. The maximum atomic E-state index is 11.8. The lowest BCUT2D eigenvalue weighted by Gasteiger charge is -2.30. The number of carbonyl (C=O) groups is 1. The molecule has 0 saturated carbocycles. The first-order chi connectivity index (χ1) is 8.11. The molecule has 1 saturated heterocycles. The Morgan fingerprint density at radius 1 is 1.59 bits per heavy atom. The lowest BCUT2D eigenvalue weighted by molar-refractivity contribution is -0.127. The molecule has 88 valence electrons. The topological polar surface area (TPSA) is 53.3 Å². The van der Waals surface area contributed by atoms with Crippen molar-refractivity contribution in [2.24, 2.45) is 0 Å². The molecule has 1 fully saturated rings. The largest absolute Gasteiger partial charge is 0.352 e. The molecule has 1 heterocycles. The molecule has 5 heteroatoms. The smallest absolute Gasteiger partial charge is 0.253 e. The number of nitriles is 1. The fourth-order valence-electron chi connectivity index (χ4n) is 1.71. The van der Waals surface area contributed by atoms with Gasteiger partial charge in [0.15, 0.2) is 6.10 Å². The average molecular weight is 295 g/mol. The zero-order chi connectivity index (χ0) is 12.4. The number of anilines is 1. The van der Waals surface area contributed by atoms with Gasteiger partial charge in [-0.1, -0.05) is 6.07 Å². The zero-order valence-electron chi connectivity index (χ0n) is 9.31. The number of rotatable bonds is 1. The number of amides is 1. The van der Waals surface area contributed by atoms with E-state index in [0.717, 1.165) is 15.7 Å². The zero-order valence-corrected chi connectivity index (χ0v) is 10.9. The van der Waals surface area contributed by atoms with E-state index in [1.807, 2.05) is 31.2 Å². The highest BCUT2D eigenvalue weighted by atomic mass is 79.9. The van der Waals surface area contributed by atoms with Crippen LogP contribution in [0.25, 0.3) is 0 Å². The summed E-state index contributed by atoms with van der Waals surface area (Å²) in [7, 11) is 0. The molecular formula is C12H11BrN2O2. The van der Waals surface area contributed by atoms with E-state index < -0.39 is 6.10 Å². The van der Waals surface area contributed by atoms with Gasteiger partial charge in [0, 0.05) is 4.47 Å². The van der Waals surface area contributed by atoms with E-state index in [4.69, 9.17) is 10.00 Å². The standard InChI is InChI=1S/C12H11BrN2O2/c1-8-2-3-11(10(13)4-8)15-6-9(5-14)17-7-12(15)16/h2-4,9H,6-7H2,1H3. The molecule has 1 aliphatic rings. The molecule has 1 aliphatic heterocycles. The fraction of sp³-hybridized carbons (Fsp3) is 0.333. The van der Waals surface area contributed by atoms with Crippen molar-refractivity contribution in [2.45, 2.75) is 13.0 Å². The number of halogens is 1. The Morgan fingerprint density at radius 2 is 2.35 bits per heavy atom. The summed E-state index contributed by atoms with van der Waals surface area (Å²) in [6.45, 7) is 2.21. The summed E-state index contributed by atoms with van der Waals surface area (Å²) in [6, 6.07) is 7.77. The Hall–Kier alpha value is -1.38. The molecule has 0 radical (unpaired) electrons. The van der Waals surface area contributed by atoms with Crippen LogP contribution in [0.1, 0.15) is 5.56 Å². The van der Waals surface area contributed by atoms with Crippen molar-refractivity contribution in [3.63, 3.8) is 0 Å². The normalized spacial score (nSPS) is 20.2. The minimum absolute atomic E-state index is 0.0431. The molecule has 1 aromatic rings. The summed E-state index contributed by atoms with van der Waals surface area (Å²) < 4.78 is 5.94. The summed E-state index contributed by atoms with van der Waals surface area (Å²) >= 11 is 3.43. The van der Waals surface area contributed by atoms with Gasteiger partial charge in [-0.25, -0.2) is 0 Å². The van der Waals surface area contributed by atoms with Crippen molar-refractivity contribution < 1.29 is 9.53 Å². The van der Waals surface area contributed by atoms with Gasteiger partial charge >= 0.3 is 0 Å². The van der Waals surface area contributed by atoms with Crippen molar-refractivity contribution in [3.8, 4) is 6.07 Å². The molecule has 0 aliphatic carbocycles. The second-order valence-electron chi connectivity index (χ2n) is 3.89. The molecule has 1 aromatic carbocycles. The highest BCUT2D eigenvalue weighted by Crippen LogP contribution is 2.28. The molecule has 4 nitrogen and oxygen atoms in total. The first kappa shape index (κ1) is 12.1. The van der Waals surface area contributed by atoms with Crippen LogP contribution >= 0.6 is 15.9 Å². The van der Waals surface area contributed by atoms with Gasteiger partial charge in [0.05, 0.1) is 18.3 Å². The molecule has 1 amide bonds. The minimum atomic E-state index is -0.555. The van der Waals surface area contributed by atoms with Gasteiger partial charge in [0.25, 0.3) is 5.91 Å². The van der Waals surface area contributed by atoms with Crippen LogP contribution in [0.2, 0.25) is 0 Å². The number of nitrogens with zero attached hydrogens (tertiary/aromatic N) is 2. The van der Waals surface area contributed by atoms with E-state index in [1.165, 1.54) is 0 Å². The van der Waals surface area contributed by atoms with Crippen molar-refractivity contribution in [2.75, 3.05) is 18.1 Å². The van der Waals surface area contributed by atoms with Gasteiger partial charge < -0.3 is 9.64 Å². The van der Waals surface area contributed by atoms with E-state index >= 15 is 0 Å². The van der Waals surface area contributed by atoms with Crippen LogP contribution in [-0.2, 0) is 9.53 Å². The van der Waals surface area contributed by atoms with Gasteiger partial charge in [0.2, 0.25) is 0 Å². The number of aryl methyl sites for hydroxylation is 1. The SMILES string of the molecule is Cc1ccc(N2CC(C#N)OCC2=O)c(Br)c1. The Labute approximate surface area is 108 Å². The van der Waals surface area contributed by atoms with Gasteiger partial charge in [-0.2, -0.15) is 5.26 Å². The van der Waals surface area contributed by atoms with Gasteiger partial charge in [0.1, 0.15) is 6.61 Å². The third-order valence-corrected chi connectivity index (χ3v) is 3.23. The van der Waals surface area contributed by atoms with Crippen molar-refractivity contribution in [3.05, 3.63) is 28.2 Å². The second-order valence-corrected chi connectivity index (χ2v) is 4.74. The summed E-state index contributed by atoms with van der Waals surface area (Å²) in [5.41, 5.74) is 1.89. The Kier molecular flexibility index (Phi) is 3.46. The molecular weight excluding hydrogens is 284 g/mol. The van der Waals surface area contributed by atoms with E-state index in [9.17, 15) is 4.79 Å². The van der Waals surface area contributed by atoms with Crippen LogP contribution in [0.5, 0.6) is 0 Å². The number of hydrogen-bond donors (Lipinski definition) is 0. The molecule has 17 heavy (non-hydrogen) atoms. The molecule has 0 aromatic heterocycles. The molecule has 1 unspecified atom stereocenters. The van der Waals surface area contributed by atoms with Gasteiger partial charge in [-0.3, -0.25) is 4.79 Å². The van der Waals surface area contributed by atoms with Crippen molar-refractivity contribution in [1.82, 2.24) is 0 Å². The number of ether oxygens (including phenoxy) is 1. The summed E-state index contributed by atoms with van der Waals surface area (Å²) in [4.78, 5) is 13.3. The molecule has 0 spiro atoms. The fourth-order valence-corrected chi connectivity index (χ4v) is 2.42. The number of morpholine rings is 1. The summed E-state index contributed by atoms with van der Waals surface area (Å²) in [5.74, 6) is -0.124. The quantitative estimate of drug-likeness (QED) is 0.796. The van der Waals surface area contributed by atoms with Crippen molar-refractivity contribution >= 4 is 27.5 Å².